The molecule has 0 saturated heterocycles. The second-order valence-corrected chi connectivity index (χ2v) is 3.25. The van der Waals surface area contributed by atoms with Crippen LogP contribution in [-0.4, -0.2) is 10.2 Å². The molecule has 1 aromatic heterocycles. The van der Waals surface area contributed by atoms with Crippen LogP contribution in [0.4, 0.5) is 0 Å². The number of aryl methyl sites for hydroxylation is 1. The Labute approximate surface area is 77.6 Å². The number of aromatic nitrogens is 2. The molecular formula is C11H12N2. The molecule has 0 aliphatic heterocycles. The van der Waals surface area contributed by atoms with Crippen LogP contribution in [0.1, 0.15) is 16.8 Å². The van der Waals surface area contributed by atoms with Crippen LogP contribution < -0.4 is 0 Å². The minimum atomic E-state index is 0.932. The van der Waals surface area contributed by atoms with Crippen molar-refractivity contribution in [3.8, 4) is 0 Å². The fraction of sp³-hybridized carbons (Fsp3) is 0.182. The second kappa shape index (κ2) is 3.44. The zero-order valence-corrected chi connectivity index (χ0v) is 7.62. The van der Waals surface area contributed by atoms with Crippen LogP contribution in [0.3, 0.4) is 0 Å². The number of nitrogens with one attached hydrogen (secondary N) is 1. The maximum atomic E-state index is 3.92. The largest absolute Gasteiger partial charge is 0.282 e. The van der Waals surface area contributed by atoms with E-state index in [9.17, 15) is 0 Å². The molecule has 2 aromatic rings. The third-order valence-corrected chi connectivity index (χ3v) is 2.04. The highest BCUT2D eigenvalue weighted by Gasteiger charge is 1.96. The lowest BCUT2D eigenvalue weighted by molar-refractivity contribution is 0.995. The summed E-state index contributed by atoms with van der Waals surface area (Å²) >= 11 is 0. The number of benzene rings is 1. The summed E-state index contributed by atoms with van der Waals surface area (Å²) in [6.45, 7) is 2.11. The van der Waals surface area contributed by atoms with Crippen molar-refractivity contribution in [1.29, 1.82) is 0 Å². The normalized spacial score (nSPS) is 10.2. The standard InChI is InChI=1S/C11H12N2/c1-9-3-2-4-10(7-9)8-11-5-6-12-13-11/h2-7H,8H2,1H3,(H,12,13). The molecule has 0 saturated carbocycles. The van der Waals surface area contributed by atoms with Gasteiger partial charge in [-0.3, -0.25) is 5.10 Å². The highest BCUT2D eigenvalue weighted by Crippen LogP contribution is 2.08. The summed E-state index contributed by atoms with van der Waals surface area (Å²) < 4.78 is 0. The van der Waals surface area contributed by atoms with Crippen LogP contribution in [0.5, 0.6) is 0 Å². The molecule has 0 unspecified atom stereocenters. The van der Waals surface area contributed by atoms with Crippen LogP contribution in [-0.2, 0) is 6.42 Å². The Bertz CT molecular complexity index is 377. The van der Waals surface area contributed by atoms with E-state index in [2.05, 4.69) is 41.4 Å². The van der Waals surface area contributed by atoms with Gasteiger partial charge in [0.05, 0.1) is 0 Å². The first-order chi connectivity index (χ1) is 6.34. The molecule has 1 heterocycles. The van der Waals surface area contributed by atoms with Gasteiger partial charge in [-0.2, -0.15) is 5.10 Å². The van der Waals surface area contributed by atoms with Crippen LogP contribution in [0.25, 0.3) is 0 Å². The highest BCUT2D eigenvalue weighted by molar-refractivity contribution is 5.25. The summed E-state index contributed by atoms with van der Waals surface area (Å²) in [5, 5.41) is 6.87. The molecule has 1 N–H and O–H groups in total. The Morgan fingerprint density at radius 1 is 1.31 bits per heavy atom. The van der Waals surface area contributed by atoms with Crippen molar-refractivity contribution >= 4 is 0 Å². The summed E-state index contributed by atoms with van der Waals surface area (Å²) in [5.41, 5.74) is 3.78. The van der Waals surface area contributed by atoms with E-state index in [1.165, 1.54) is 11.1 Å². The van der Waals surface area contributed by atoms with Crippen LogP contribution >= 0.6 is 0 Å². The van der Waals surface area contributed by atoms with Gasteiger partial charge in [0.2, 0.25) is 0 Å². The van der Waals surface area contributed by atoms with E-state index >= 15 is 0 Å². The Balaban J connectivity index is 2.19. The van der Waals surface area contributed by atoms with Crippen molar-refractivity contribution in [2.24, 2.45) is 0 Å². The van der Waals surface area contributed by atoms with Gasteiger partial charge in [0.25, 0.3) is 0 Å². The molecule has 2 rings (SSSR count). The molecule has 66 valence electrons. The average Bonchev–Trinajstić information content (AvgIpc) is 2.57. The minimum Gasteiger partial charge on any atom is -0.282 e. The van der Waals surface area contributed by atoms with Gasteiger partial charge in [0.15, 0.2) is 0 Å². The smallest absolute Gasteiger partial charge is 0.0490 e. The maximum absolute atomic E-state index is 3.92. The van der Waals surface area contributed by atoms with Crippen molar-refractivity contribution in [2.45, 2.75) is 13.3 Å². The third kappa shape index (κ3) is 1.96. The lowest BCUT2D eigenvalue weighted by Gasteiger charge is -1.99. The Morgan fingerprint density at radius 2 is 2.23 bits per heavy atom. The highest BCUT2D eigenvalue weighted by atomic mass is 15.1. The Hall–Kier alpha value is -1.57. The molecule has 0 amide bonds. The molecule has 13 heavy (non-hydrogen) atoms. The minimum absolute atomic E-state index is 0.932. The fourth-order valence-electron chi connectivity index (χ4n) is 1.43. The number of nitrogens with zero attached hydrogens (tertiary/aromatic N) is 1. The summed E-state index contributed by atoms with van der Waals surface area (Å²) in [6.07, 6.45) is 2.72. The zero-order chi connectivity index (χ0) is 9.10. The van der Waals surface area contributed by atoms with Crippen LogP contribution in [0.2, 0.25) is 0 Å². The first-order valence-electron chi connectivity index (χ1n) is 4.38. The van der Waals surface area contributed by atoms with E-state index in [0.29, 0.717) is 0 Å². The SMILES string of the molecule is Cc1cccc(Cc2ccn[nH]2)c1. The molecule has 0 spiro atoms. The predicted octanol–water partition coefficient (Wildman–Crippen LogP) is 2.31. The zero-order valence-electron chi connectivity index (χ0n) is 7.62. The molecule has 2 nitrogen and oxygen atoms in total. The average molecular weight is 172 g/mol. The van der Waals surface area contributed by atoms with Gasteiger partial charge >= 0.3 is 0 Å². The lowest BCUT2D eigenvalue weighted by atomic mass is 10.1. The number of rotatable bonds is 2. The molecule has 0 atom stereocenters. The molecule has 0 aliphatic rings. The van der Waals surface area contributed by atoms with Crippen LogP contribution in [0, 0.1) is 6.92 Å². The topological polar surface area (TPSA) is 28.7 Å². The number of hydrogen-bond acceptors (Lipinski definition) is 1. The molecule has 0 aliphatic carbocycles. The van der Waals surface area contributed by atoms with Crippen molar-refractivity contribution in [3.63, 3.8) is 0 Å². The van der Waals surface area contributed by atoms with Gasteiger partial charge < -0.3 is 0 Å². The van der Waals surface area contributed by atoms with Gasteiger partial charge in [-0.1, -0.05) is 29.8 Å². The molecule has 0 fully saturated rings. The molecule has 1 aromatic carbocycles. The van der Waals surface area contributed by atoms with Gasteiger partial charge in [0, 0.05) is 18.3 Å². The number of aromatic amines is 1. The predicted molar refractivity (Wildman–Crippen MR) is 52.6 cm³/mol. The van der Waals surface area contributed by atoms with Crippen LogP contribution in [0.15, 0.2) is 36.5 Å². The van der Waals surface area contributed by atoms with E-state index in [0.717, 1.165) is 12.1 Å². The van der Waals surface area contributed by atoms with Crippen molar-refractivity contribution in [1.82, 2.24) is 10.2 Å². The van der Waals surface area contributed by atoms with E-state index < -0.39 is 0 Å². The summed E-state index contributed by atoms with van der Waals surface area (Å²) in [4.78, 5) is 0. The van der Waals surface area contributed by atoms with Gasteiger partial charge in [-0.25, -0.2) is 0 Å². The van der Waals surface area contributed by atoms with E-state index in [1.807, 2.05) is 6.07 Å². The van der Waals surface area contributed by atoms with Crippen molar-refractivity contribution < 1.29 is 0 Å². The third-order valence-electron chi connectivity index (χ3n) is 2.04. The summed E-state index contributed by atoms with van der Waals surface area (Å²) in [5.74, 6) is 0. The molecular weight excluding hydrogens is 160 g/mol. The van der Waals surface area contributed by atoms with E-state index in [4.69, 9.17) is 0 Å². The summed E-state index contributed by atoms with van der Waals surface area (Å²) in [7, 11) is 0. The van der Waals surface area contributed by atoms with Crippen molar-refractivity contribution in [2.75, 3.05) is 0 Å². The fourth-order valence-corrected chi connectivity index (χ4v) is 1.43. The second-order valence-electron chi connectivity index (χ2n) is 3.25. The van der Waals surface area contributed by atoms with Gasteiger partial charge in [-0.15, -0.1) is 0 Å². The quantitative estimate of drug-likeness (QED) is 0.739. The molecule has 2 heteroatoms. The molecule has 0 bridgehead atoms. The number of H-pyrrole nitrogens is 1. The monoisotopic (exact) mass is 172 g/mol. The Kier molecular flexibility index (Phi) is 2.13. The maximum Gasteiger partial charge on any atom is 0.0490 e. The van der Waals surface area contributed by atoms with E-state index in [-0.39, 0.29) is 0 Å². The van der Waals surface area contributed by atoms with Gasteiger partial charge in [-0.05, 0) is 18.6 Å². The first-order valence-corrected chi connectivity index (χ1v) is 4.38. The Morgan fingerprint density at radius 3 is 2.92 bits per heavy atom. The van der Waals surface area contributed by atoms with Crippen molar-refractivity contribution in [3.05, 3.63) is 53.3 Å². The number of hydrogen-bond donors (Lipinski definition) is 1. The first kappa shape index (κ1) is 8.05. The summed E-state index contributed by atoms with van der Waals surface area (Å²) in [6, 6.07) is 10.5. The molecule has 0 radical (unpaired) electrons. The lowest BCUT2D eigenvalue weighted by Crippen LogP contribution is -1.88. The van der Waals surface area contributed by atoms with Gasteiger partial charge in [0.1, 0.15) is 0 Å². The van der Waals surface area contributed by atoms with E-state index in [1.54, 1.807) is 6.20 Å².